The lowest BCUT2D eigenvalue weighted by molar-refractivity contribution is 0.196. The molecule has 1 unspecified atom stereocenters. The molecule has 0 bridgehead atoms. The van der Waals surface area contributed by atoms with E-state index in [1.165, 1.54) is 6.42 Å². The average molecular weight is 354 g/mol. The number of hydrogen-bond acceptors (Lipinski definition) is 7. The lowest BCUT2D eigenvalue weighted by Gasteiger charge is -2.39. The van der Waals surface area contributed by atoms with E-state index in [1.54, 1.807) is 6.07 Å². The van der Waals surface area contributed by atoms with Crippen molar-refractivity contribution in [3.63, 3.8) is 0 Å². The lowest BCUT2D eigenvalue weighted by Crippen LogP contribution is -2.51. The molecule has 138 valence electrons. The molecule has 3 heterocycles. The maximum Gasteiger partial charge on any atom is 0.172 e. The molecule has 2 fully saturated rings. The van der Waals surface area contributed by atoms with Crippen LogP contribution < -0.4 is 15.5 Å². The van der Waals surface area contributed by atoms with Crippen molar-refractivity contribution in [3.05, 3.63) is 30.3 Å². The van der Waals surface area contributed by atoms with Crippen LogP contribution in [0.2, 0.25) is 0 Å². The summed E-state index contributed by atoms with van der Waals surface area (Å²) in [6.45, 7) is 6.30. The molecule has 0 aliphatic carbocycles. The number of benzene rings is 1. The van der Waals surface area contributed by atoms with Gasteiger partial charge in [-0.1, -0.05) is 12.1 Å². The minimum Gasteiger partial charge on any atom is -0.507 e. The molecular formula is C19H26N6O. The van der Waals surface area contributed by atoms with Gasteiger partial charge >= 0.3 is 0 Å². The summed E-state index contributed by atoms with van der Waals surface area (Å²) in [6.07, 6.45) is 1.25. The molecule has 1 atom stereocenters. The number of piperazine rings is 1. The van der Waals surface area contributed by atoms with Crippen molar-refractivity contribution >= 4 is 11.5 Å². The third-order valence-electron chi connectivity index (χ3n) is 5.40. The van der Waals surface area contributed by atoms with Crippen LogP contribution in [-0.4, -0.2) is 72.6 Å². The minimum absolute atomic E-state index is 0.225. The highest BCUT2D eigenvalue weighted by atomic mass is 16.3. The number of para-hydroxylation sites is 1. The van der Waals surface area contributed by atoms with Gasteiger partial charge in [0.2, 0.25) is 0 Å². The number of phenolic OH excluding ortho intramolecular Hbond substituents is 1. The van der Waals surface area contributed by atoms with Crippen LogP contribution in [0.25, 0.3) is 11.3 Å². The van der Waals surface area contributed by atoms with E-state index in [2.05, 4.69) is 30.6 Å². The molecule has 4 rings (SSSR count). The Morgan fingerprint density at radius 1 is 1.15 bits per heavy atom. The summed E-state index contributed by atoms with van der Waals surface area (Å²) in [6, 6.07) is 9.96. The Morgan fingerprint density at radius 2 is 1.96 bits per heavy atom. The van der Waals surface area contributed by atoms with E-state index in [0.29, 0.717) is 17.3 Å². The second-order valence-corrected chi connectivity index (χ2v) is 6.90. The van der Waals surface area contributed by atoms with Crippen molar-refractivity contribution in [3.8, 4) is 17.0 Å². The lowest BCUT2D eigenvalue weighted by atomic mass is 10.1. The quantitative estimate of drug-likeness (QED) is 0.766. The first-order valence-electron chi connectivity index (χ1n) is 9.30. The Labute approximate surface area is 154 Å². The second-order valence-electron chi connectivity index (χ2n) is 6.90. The number of aromatic nitrogens is 2. The van der Waals surface area contributed by atoms with E-state index in [4.69, 9.17) is 0 Å². The number of rotatable bonds is 4. The fourth-order valence-electron chi connectivity index (χ4n) is 3.90. The van der Waals surface area contributed by atoms with Gasteiger partial charge in [0.25, 0.3) is 0 Å². The van der Waals surface area contributed by atoms with Crippen LogP contribution in [-0.2, 0) is 0 Å². The number of aromatic hydroxyl groups is 1. The zero-order chi connectivity index (χ0) is 17.9. The summed E-state index contributed by atoms with van der Waals surface area (Å²) in [5.74, 6) is 1.00. The molecule has 2 aliphatic heterocycles. The zero-order valence-corrected chi connectivity index (χ0v) is 15.1. The first kappa shape index (κ1) is 17.1. The molecule has 1 aromatic heterocycles. The van der Waals surface area contributed by atoms with Gasteiger partial charge in [-0.15, -0.1) is 10.2 Å². The number of nitrogens with one attached hydrogen (secondary N) is 2. The molecule has 0 spiro atoms. The molecule has 2 aromatic rings. The van der Waals surface area contributed by atoms with Crippen molar-refractivity contribution in [1.29, 1.82) is 0 Å². The molecule has 0 amide bonds. The third-order valence-corrected chi connectivity index (χ3v) is 5.40. The molecule has 0 radical (unpaired) electrons. The van der Waals surface area contributed by atoms with Gasteiger partial charge in [-0.2, -0.15) is 0 Å². The van der Waals surface area contributed by atoms with E-state index in [-0.39, 0.29) is 5.75 Å². The van der Waals surface area contributed by atoms with Gasteiger partial charge in [0.05, 0.1) is 11.4 Å². The topological polar surface area (TPSA) is 76.6 Å². The van der Waals surface area contributed by atoms with Crippen LogP contribution in [0.1, 0.15) is 6.42 Å². The fraction of sp³-hybridized carbons (Fsp3) is 0.474. The fourth-order valence-corrected chi connectivity index (χ4v) is 3.90. The first-order valence-corrected chi connectivity index (χ1v) is 9.30. The van der Waals surface area contributed by atoms with Crippen LogP contribution >= 0.6 is 0 Å². The molecule has 1 aromatic carbocycles. The van der Waals surface area contributed by atoms with Crippen LogP contribution in [0.3, 0.4) is 0 Å². The number of hydrogen-bond donors (Lipinski definition) is 3. The van der Waals surface area contributed by atoms with Crippen LogP contribution in [0, 0.1) is 0 Å². The molecule has 2 aliphatic rings. The minimum atomic E-state index is 0.225. The van der Waals surface area contributed by atoms with E-state index < -0.39 is 0 Å². The SMILES string of the molecule is CNc1nnc(-c2ccccc2O)cc1N1CCN(C2CCNC2)CC1. The molecule has 0 saturated carbocycles. The molecule has 7 nitrogen and oxygen atoms in total. The average Bonchev–Trinajstić information content (AvgIpc) is 3.23. The predicted octanol–water partition coefficient (Wildman–Crippen LogP) is 1.37. The Bertz CT molecular complexity index is 753. The summed E-state index contributed by atoms with van der Waals surface area (Å²) in [5, 5.41) is 25.4. The Balaban J connectivity index is 1.55. The monoisotopic (exact) mass is 354 g/mol. The van der Waals surface area contributed by atoms with Gasteiger partial charge in [-0.05, 0) is 31.2 Å². The largest absolute Gasteiger partial charge is 0.507 e. The first-order chi connectivity index (χ1) is 12.8. The second kappa shape index (κ2) is 7.47. The maximum absolute atomic E-state index is 10.1. The smallest absolute Gasteiger partial charge is 0.172 e. The summed E-state index contributed by atoms with van der Waals surface area (Å²) in [4.78, 5) is 4.96. The summed E-state index contributed by atoms with van der Waals surface area (Å²) >= 11 is 0. The third kappa shape index (κ3) is 3.32. The maximum atomic E-state index is 10.1. The van der Waals surface area contributed by atoms with Crippen LogP contribution in [0.5, 0.6) is 5.75 Å². The number of phenols is 1. The highest BCUT2D eigenvalue weighted by Gasteiger charge is 2.27. The molecule has 2 saturated heterocycles. The van der Waals surface area contributed by atoms with E-state index in [0.717, 1.165) is 50.8 Å². The van der Waals surface area contributed by atoms with Crippen LogP contribution in [0.15, 0.2) is 30.3 Å². The molecular weight excluding hydrogens is 328 g/mol. The van der Waals surface area contributed by atoms with Crippen molar-refractivity contribution in [2.24, 2.45) is 0 Å². The number of nitrogens with zero attached hydrogens (tertiary/aromatic N) is 4. The molecule has 3 N–H and O–H groups in total. The van der Waals surface area contributed by atoms with Gasteiger partial charge in [0.1, 0.15) is 5.75 Å². The Kier molecular flexibility index (Phi) is 4.90. The van der Waals surface area contributed by atoms with Gasteiger partial charge in [0, 0.05) is 51.4 Å². The van der Waals surface area contributed by atoms with Crippen molar-refractivity contribution in [1.82, 2.24) is 20.4 Å². The summed E-state index contributed by atoms with van der Waals surface area (Å²) in [5.41, 5.74) is 2.45. The highest BCUT2D eigenvalue weighted by Crippen LogP contribution is 2.32. The predicted molar refractivity (Wildman–Crippen MR) is 104 cm³/mol. The van der Waals surface area contributed by atoms with Gasteiger partial charge < -0.3 is 20.6 Å². The highest BCUT2D eigenvalue weighted by molar-refractivity contribution is 5.75. The van der Waals surface area contributed by atoms with Crippen LogP contribution in [0.4, 0.5) is 11.5 Å². The molecule has 26 heavy (non-hydrogen) atoms. The van der Waals surface area contributed by atoms with Gasteiger partial charge in [-0.25, -0.2) is 0 Å². The normalized spacial score (nSPS) is 21.1. The Hall–Kier alpha value is -2.38. The van der Waals surface area contributed by atoms with Gasteiger partial charge in [0.15, 0.2) is 5.82 Å². The standard InChI is InChI=1S/C19H26N6O/c1-20-19-17(12-16(22-23-19)15-4-2-3-5-18(15)26)25-10-8-24(9-11-25)14-6-7-21-13-14/h2-5,12,14,21,26H,6-11,13H2,1H3,(H,20,23). The van der Waals surface area contributed by atoms with Crippen molar-refractivity contribution in [2.45, 2.75) is 12.5 Å². The summed E-state index contributed by atoms with van der Waals surface area (Å²) in [7, 11) is 1.87. The summed E-state index contributed by atoms with van der Waals surface area (Å²) < 4.78 is 0. The Morgan fingerprint density at radius 3 is 2.65 bits per heavy atom. The molecule has 7 heteroatoms. The van der Waals surface area contributed by atoms with Crippen molar-refractivity contribution in [2.75, 3.05) is 56.5 Å². The van der Waals surface area contributed by atoms with Gasteiger partial charge in [-0.3, -0.25) is 4.90 Å². The number of anilines is 2. The van der Waals surface area contributed by atoms with E-state index >= 15 is 0 Å². The van der Waals surface area contributed by atoms with Crippen molar-refractivity contribution < 1.29 is 5.11 Å². The van der Waals surface area contributed by atoms with E-state index in [9.17, 15) is 5.11 Å². The zero-order valence-electron chi connectivity index (χ0n) is 15.1. The van der Waals surface area contributed by atoms with E-state index in [1.807, 2.05) is 31.3 Å².